The van der Waals surface area contributed by atoms with Crippen LogP contribution in [0.5, 0.6) is 0 Å². The maximum atomic E-state index is 13.5. The number of nitrogen functional groups attached to an aromatic ring is 1. The van der Waals surface area contributed by atoms with Crippen LogP contribution in [0.4, 0.5) is 15.8 Å². The number of rotatable bonds is 4. The van der Waals surface area contributed by atoms with Gasteiger partial charge in [-0.25, -0.2) is 4.39 Å². The standard InChI is InChI=1S/C15H22FN3O/c1-11-3-2-7-19(10-11)8-6-15(20)18-14-9-12(17)4-5-13(14)16/h4-5,9,11H,2-3,6-8,10,17H2,1H3,(H,18,20). The molecule has 5 heteroatoms. The molecule has 1 aliphatic heterocycles. The lowest BCUT2D eigenvalue weighted by Crippen LogP contribution is -2.36. The highest BCUT2D eigenvalue weighted by Gasteiger charge is 2.17. The van der Waals surface area contributed by atoms with Crippen molar-refractivity contribution in [3.63, 3.8) is 0 Å². The maximum absolute atomic E-state index is 13.5. The lowest BCUT2D eigenvalue weighted by Gasteiger charge is -2.30. The Balaban J connectivity index is 1.82. The van der Waals surface area contributed by atoms with Crippen molar-refractivity contribution in [2.24, 2.45) is 5.92 Å². The Hall–Kier alpha value is -1.62. The second kappa shape index (κ2) is 6.70. The van der Waals surface area contributed by atoms with E-state index in [1.54, 1.807) is 0 Å². The van der Waals surface area contributed by atoms with Gasteiger partial charge >= 0.3 is 0 Å². The molecule has 3 N–H and O–H groups in total. The summed E-state index contributed by atoms with van der Waals surface area (Å²) in [5.41, 5.74) is 6.17. The summed E-state index contributed by atoms with van der Waals surface area (Å²) in [6.07, 6.45) is 2.82. The van der Waals surface area contributed by atoms with Crippen molar-refractivity contribution >= 4 is 17.3 Å². The van der Waals surface area contributed by atoms with Gasteiger partial charge in [-0.3, -0.25) is 4.79 Å². The third-order valence-electron chi connectivity index (χ3n) is 3.66. The van der Waals surface area contributed by atoms with Gasteiger partial charge < -0.3 is 16.0 Å². The molecule has 0 aromatic heterocycles. The average molecular weight is 279 g/mol. The van der Waals surface area contributed by atoms with E-state index in [1.807, 2.05) is 0 Å². The molecule has 1 aromatic carbocycles. The van der Waals surface area contributed by atoms with E-state index in [4.69, 9.17) is 5.73 Å². The number of carbonyl (C=O) groups excluding carboxylic acids is 1. The van der Waals surface area contributed by atoms with Crippen molar-refractivity contribution in [1.82, 2.24) is 4.90 Å². The van der Waals surface area contributed by atoms with Crippen LogP contribution in [0.15, 0.2) is 18.2 Å². The molecule has 0 aliphatic carbocycles. The lowest BCUT2D eigenvalue weighted by atomic mass is 10.0. The molecule has 2 rings (SSSR count). The number of nitrogens with zero attached hydrogens (tertiary/aromatic N) is 1. The Morgan fingerprint density at radius 2 is 2.35 bits per heavy atom. The number of nitrogens with two attached hydrogens (primary N) is 1. The minimum Gasteiger partial charge on any atom is -0.399 e. The summed E-state index contributed by atoms with van der Waals surface area (Å²) in [6, 6.07) is 4.17. The van der Waals surface area contributed by atoms with E-state index >= 15 is 0 Å². The number of halogens is 1. The van der Waals surface area contributed by atoms with Crippen LogP contribution in [-0.2, 0) is 4.79 Å². The summed E-state index contributed by atoms with van der Waals surface area (Å²) in [5, 5.41) is 2.58. The van der Waals surface area contributed by atoms with Gasteiger partial charge in [-0.2, -0.15) is 0 Å². The largest absolute Gasteiger partial charge is 0.399 e. The molecule has 110 valence electrons. The molecule has 1 amide bonds. The number of hydrogen-bond donors (Lipinski definition) is 2. The van der Waals surface area contributed by atoms with Gasteiger partial charge in [0.15, 0.2) is 0 Å². The van der Waals surface area contributed by atoms with Gasteiger partial charge in [0.2, 0.25) is 5.91 Å². The number of piperidine rings is 1. The molecule has 0 saturated carbocycles. The van der Waals surface area contributed by atoms with Crippen LogP contribution < -0.4 is 11.1 Å². The summed E-state index contributed by atoms with van der Waals surface area (Å²) in [7, 11) is 0. The van der Waals surface area contributed by atoms with Crippen LogP contribution in [0.25, 0.3) is 0 Å². The van der Waals surface area contributed by atoms with Crippen molar-refractivity contribution in [1.29, 1.82) is 0 Å². The van der Waals surface area contributed by atoms with Crippen LogP contribution in [0.1, 0.15) is 26.2 Å². The van der Waals surface area contributed by atoms with Crippen LogP contribution in [-0.4, -0.2) is 30.4 Å². The monoisotopic (exact) mass is 279 g/mol. The second-order valence-corrected chi connectivity index (χ2v) is 5.59. The Morgan fingerprint density at radius 1 is 1.55 bits per heavy atom. The normalized spacial score (nSPS) is 19.8. The number of anilines is 2. The molecule has 1 atom stereocenters. The van der Waals surface area contributed by atoms with E-state index in [0.717, 1.165) is 19.6 Å². The van der Waals surface area contributed by atoms with Gasteiger partial charge in [0.25, 0.3) is 0 Å². The molecular formula is C15H22FN3O. The van der Waals surface area contributed by atoms with Crippen molar-refractivity contribution in [3.05, 3.63) is 24.0 Å². The lowest BCUT2D eigenvalue weighted by molar-refractivity contribution is -0.116. The van der Waals surface area contributed by atoms with Crippen molar-refractivity contribution in [2.75, 3.05) is 30.7 Å². The molecule has 1 heterocycles. The van der Waals surface area contributed by atoms with Crippen LogP contribution in [0.3, 0.4) is 0 Å². The number of carbonyl (C=O) groups is 1. The number of likely N-dealkylation sites (tertiary alicyclic amines) is 1. The third-order valence-corrected chi connectivity index (χ3v) is 3.66. The van der Waals surface area contributed by atoms with Crippen molar-refractivity contribution in [2.45, 2.75) is 26.2 Å². The van der Waals surface area contributed by atoms with Gasteiger partial charge in [0.05, 0.1) is 5.69 Å². The van der Waals surface area contributed by atoms with E-state index < -0.39 is 5.82 Å². The third kappa shape index (κ3) is 4.20. The van der Waals surface area contributed by atoms with Gasteiger partial charge in [-0.05, 0) is 43.5 Å². The predicted molar refractivity (Wildman–Crippen MR) is 78.9 cm³/mol. The summed E-state index contributed by atoms with van der Waals surface area (Å²) in [4.78, 5) is 14.1. The Morgan fingerprint density at radius 3 is 3.10 bits per heavy atom. The smallest absolute Gasteiger partial charge is 0.225 e. The number of nitrogens with one attached hydrogen (secondary N) is 1. The topological polar surface area (TPSA) is 58.4 Å². The molecule has 1 unspecified atom stereocenters. The van der Waals surface area contributed by atoms with E-state index in [9.17, 15) is 9.18 Å². The molecule has 4 nitrogen and oxygen atoms in total. The van der Waals surface area contributed by atoms with Crippen LogP contribution in [0.2, 0.25) is 0 Å². The Kier molecular flexibility index (Phi) is 4.95. The van der Waals surface area contributed by atoms with E-state index in [0.29, 0.717) is 18.0 Å². The maximum Gasteiger partial charge on any atom is 0.225 e. The number of amides is 1. The zero-order valence-electron chi connectivity index (χ0n) is 11.9. The zero-order chi connectivity index (χ0) is 14.5. The highest BCUT2D eigenvalue weighted by atomic mass is 19.1. The van der Waals surface area contributed by atoms with Gasteiger partial charge in [-0.15, -0.1) is 0 Å². The quantitative estimate of drug-likeness (QED) is 0.832. The van der Waals surface area contributed by atoms with Gasteiger partial charge in [-0.1, -0.05) is 6.92 Å². The van der Waals surface area contributed by atoms with Gasteiger partial charge in [0.1, 0.15) is 5.82 Å². The summed E-state index contributed by atoms with van der Waals surface area (Å²) < 4.78 is 13.5. The highest BCUT2D eigenvalue weighted by molar-refractivity contribution is 5.91. The van der Waals surface area contributed by atoms with Gasteiger partial charge in [0, 0.05) is 25.2 Å². The summed E-state index contributed by atoms with van der Waals surface area (Å²) in [6.45, 7) is 5.04. The first-order valence-electron chi connectivity index (χ1n) is 7.12. The fraction of sp³-hybridized carbons (Fsp3) is 0.533. The minimum atomic E-state index is -0.459. The molecule has 1 aromatic rings. The SMILES string of the molecule is CC1CCCN(CCC(=O)Nc2cc(N)ccc2F)C1. The molecule has 0 spiro atoms. The molecule has 1 aliphatic rings. The Labute approximate surface area is 119 Å². The van der Waals surface area contributed by atoms with E-state index in [2.05, 4.69) is 17.1 Å². The molecule has 0 bridgehead atoms. The average Bonchev–Trinajstić information content (AvgIpc) is 2.41. The van der Waals surface area contributed by atoms with Crippen LogP contribution >= 0.6 is 0 Å². The Bertz CT molecular complexity index is 478. The fourth-order valence-electron chi connectivity index (χ4n) is 2.60. The molecular weight excluding hydrogens is 257 g/mol. The van der Waals surface area contributed by atoms with Crippen molar-refractivity contribution < 1.29 is 9.18 Å². The summed E-state index contributed by atoms with van der Waals surface area (Å²) >= 11 is 0. The highest BCUT2D eigenvalue weighted by Crippen LogP contribution is 2.18. The van der Waals surface area contributed by atoms with Crippen molar-refractivity contribution in [3.8, 4) is 0 Å². The molecule has 1 saturated heterocycles. The fourth-order valence-corrected chi connectivity index (χ4v) is 2.60. The first kappa shape index (κ1) is 14.8. The number of hydrogen-bond acceptors (Lipinski definition) is 3. The zero-order valence-corrected chi connectivity index (χ0v) is 11.9. The molecule has 1 fully saturated rings. The first-order valence-corrected chi connectivity index (χ1v) is 7.12. The first-order chi connectivity index (χ1) is 9.54. The minimum absolute atomic E-state index is 0.155. The molecule has 0 radical (unpaired) electrons. The second-order valence-electron chi connectivity index (χ2n) is 5.59. The van der Waals surface area contributed by atoms with Crippen LogP contribution in [0, 0.1) is 11.7 Å². The predicted octanol–water partition coefficient (Wildman–Crippen LogP) is 2.47. The molecule has 20 heavy (non-hydrogen) atoms. The van der Waals surface area contributed by atoms with E-state index in [-0.39, 0.29) is 11.6 Å². The summed E-state index contributed by atoms with van der Waals surface area (Å²) in [5.74, 6) is 0.0602. The van der Waals surface area contributed by atoms with E-state index in [1.165, 1.54) is 31.0 Å². The number of benzene rings is 1.